The van der Waals surface area contributed by atoms with E-state index in [2.05, 4.69) is 17.2 Å². The molecule has 1 unspecified atom stereocenters. The van der Waals surface area contributed by atoms with Crippen LogP contribution in [-0.4, -0.2) is 18.4 Å². The molecule has 0 bridgehead atoms. The van der Waals surface area contributed by atoms with Crippen molar-refractivity contribution in [2.24, 2.45) is 10.9 Å². The second-order valence-corrected chi connectivity index (χ2v) is 5.47. The molecule has 0 aromatic rings. The number of hydrogen-bond donors (Lipinski definition) is 1. The molecule has 92 valence electrons. The van der Waals surface area contributed by atoms with Crippen molar-refractivity contribution >= 4 is 5.84 Å². The summed E-state index contributed by atoms with van der Waals surface area (Å²) in [5.74, 6) is 2.18. The van der Waals surface area contributed by atoms with Crippen LogP contribution in [0.5, 0.6) is 0 Å². The SMILES string of the molecule is CC(NC1=NCCCCC1)C1CCCCC1. The van der Waals surface area contributed by atoms with Crippen LogP contribution in [-0.2, 0) is 0 Å². The average molecular weight is 222 g/mol. The van der Waals surface area contributed by atoms with Crippen LogP contribution in [0.3, 0.4) is 0 Å². The Balaban J connectivity index is 1.80. The number of aliphatic imine (C=N–C) groups is 1. The van der Waals surface area contributed by atoms with E-state index in [4.69, 9.17) is 0 Å². The number of hydrogen-bond acceptors (Lipinski definition) is 2. The fourth-order valence-corrected chi connectivity index (χ4v) is 3.01. The van der Waals surface area contributed by atoms with Crippen molar-refractivity contribution < 1.29 is 0 Å². The van der Waals surface area contributed by atoms with Crippen molar-refractivity contribution in [2.75, 3.05) is 6.54 Å². The number of amidine groups is 1. The molecule has 1 atom stereocenters. The minimum absolute atomic E-state index is 0.636. The Hall–Kier alpha value is -0.530. The fraction of sp³-hybridized carbons (Fsp3) is 0.929. The first-order valence-corrected chi connectivity index (χ1v) is 7.16. The molecule has 16 heavy (non-hydrogen) atoms. The molecular formula is C14H26N2. The van der Waals surface area contributed by atoms with Gasteiger partial charge >= 0.3 is 0 Å². The maximum Gasteiger partial charge on any atom is 0.0965 e. The van der Waals surface area contributed by atoms with Gasteiger partial charge in [0.05, 0.1) is 5.84 Å². The average Bonchev–Trinajstić information content (AvgIpc) is 2.59. The standard InChI is InChI=1S/C14H26N2/c1-12(13-8-4-2-5-9-13)16-14-10-6-3-7-11-15-14/h12-13H,2-11H2,1H3,(H,15,16). The predicted octanol–water partition coefficient (Wildman–Crippen LogP) is 3.52. The van der Waals surface area contributed by atoms with Gasteiger partial charge in [-0.2, -0.15) is 0 Å². The van der Waals surface area contributed by atoms with E-state index >= 15 is 0 Å². The van der Waals surface area contributed by atoms with Crippen LogP contribution < -0.4 is 5.32 Å². The lowest BCUT2D eigenvalue weighted by Gasteiger charge is -2.29. The summed E-state index contributed by atoms with van der Waals surface area (Å²) < 4.78 is 0. The van der Waals surface area contributed by atoms with Crippen LogP contribution in [0.2, 0.25) is 0 Å². The molecule has 2 rings (SSSR count). The summed E-state index contributed by atoms with van der Waals surface area (Å²) in [7, 11) is 0. The zero-order valence-corrected chi connectivity index (χ0v) is 10.7. The highest BCUT2D eigenvalue weighted by Crippen LogP contribution is 2.26. The quantitative estimate of drug-likeness (QED) is 0.759. The van der Waals surface area contributed by atoms with Gasteiger partial charge in [-0.15, -0.1) is 0 Å². The van der Waals surface area contributed by atoms with Gasteiger partial charge in [-0.25, -0.2) is 0 Å². The van der Waals surface area contributed by atoms with Crippen LogP contribution in [0.15, 0.2) is 4.99 Å². The van der Waals surface area contributed by atoms with Gasteiger partial charge in [0.1, 0.15) is 0 Å². The Morgan fingerprint density at radius 2 is 1.81 bits per heavy atom. The van der Waals surface area contributed by atoms with E-state index in [1.54, 1.807) is 0 Å². The van der Waals surface area contributed by atoms with Crippen molar-refractivity contribution in [3.63, 3.8) is 0 Å². The zero-order valence-electron chi connectivity index (χ0n) is 10.7. The molecule has 0 amide bonds. The zero-order chi connectivity index (χ0) is 11.2. The molecule has 1 fully saturated rings. The molecule has 1 saturated carbocycles. The van der Waals surface area contributed by atoms with Gasteiger partial charge in [0, 0.05) is 19.0 Å². The van der Waals surface area contributed by atoms with Gasteiger partial charge < -0.3 is 5.32 Å². The lowest BCUT2D eigenvalue weighted by Crippen LogP contribution is -2.38. The second-order valence-electron chi connectivity index (χ2n) is 5.47. The highest BCUT2D eigenvalue weighted by atomic mass is 15.0. The topological polar surface area (TPSA) is 24.4 Å². The first-order valence-electron chi connectivity index (χ1n) is 7.16. The molecule has 1 N–H and O–H groups in total. The Morgan fingerprint density at radius 3 is 2.62 bits per heavy atom. The normalized spacial score (nSPS) is 25.7. The van der Waals surface area contributed by atoms with E-state index in [1.807, 2.05) is 0 Å². The Labute approximate surface area is 99.9 Å². The number of nitrogens with zero attached hydrogens (tertiary/aromatic N) is 1. The summed E-state index contributed by atoms with van der Waals surface area (Å²) in [4.78, 5) is 4.66. The molecule has 0 spiro atoms. The van der Waals surface area contributed by atoms with Gasteiger partial charge in [-0.05, 0) is 38.5 Å². The van der Waals surface area contributed by atoms with E-state index in [1.165, 1.54) is 63.6 Å². The van der Waals surface area contributed by atoms with Crippen molar-refractivity contribution in [1.82, 2.24) is 5.32 Å². The molecule has 0 aromatic carbocycles. The predicted molar refractivity (Wildman–Crippen MR) is 69.9 cm³/mol. The van der Waals surface area contributed by atoms with Crippen LogP contribution in [0.1, 0.15) is 64.7 Å². The van der Waals surface area contributed by atoms with Gasteiger partial charge in [-0.3, -0.25) is 4.99 Å². The Morgan fingerprint density at radius 1 is 1.06 bits per heavy atom. The number of nitrogens with one attached hydrogen (secondary N) is 1. The summed E-state index contributed by atoms with van der Waals surface area (Å²) in [6, 6.07) is 0.636. The molecule has 1 aliphatic carbocycles. The van der Waals surface area contributed by atoms with Gasteiger partial charge in [-0.1, -0.05) is 25.7 Å². The Bertz CT molecular complexity index is 229. The molecule has 0 radical (unpaired) electrons. The number of rotatable bonds is 2. The largest absolute Gasteiger partial charge is 0.371 e. The monoisotopic (exact) mass is 222 g/mol. The molecule has 1 heterocycles. The van der Waals surface area contributed by atoms with Crippen LogP contribution in [0.25, 0.3) is 0 Å². The molecule has 1 aliphatic heterocycles. The maximum absolute atomic E-state index is 4.66. The molecule has 2 nitrogen and oxygen atoms in total. The third kappa shape index (κ3) is 3.50. The second kappa shape index (κ2) is 6.27. The van der Waals surface area contributed by atoms with E-state index in [9.17, 15) is 0 Å². The lowest BCUT2D eigenvalue weighted by molar-refractivity contribution is 0.301. The van der Waals surface area contributed by atoms with Gasteiger partial charge in [0.15, 0.2) is 0 Å². The highest BCUT2D eigenvalue weighted by molar-refractivity contribution is 5.82. The summed E-state index contributed by atoms with van der Waals surface area (Å²) in [6.45, 7) is 3.39. The van der Waals surface area contributed by atoms with E-state index < -0.39 is 0 Å². The first-order chi connectivity index (χ1) is 7.86. The van der Waals surface area contributed by atoms with Crippen molar-refractivity contribution in [1.29, 1.82) is 0 Å². The van der Waals surface area contributed by atoms with E-state index in [-0.39, 0.29) is 0 Å². The van der Waals surface area contributed by atoms with Crippen molar-refractivity contribution in [3.8, 4) is 0 Å². The van der Waals surface area contributed by atoms with Crippen LogP contribution >= 0.6 is 0 Å². The van der Waals surface area contributed by atoms with E-state index in [0.717, 1.165) is 12.5 Å². The lowest BCUT2D eigenvalue weighted by atomic mass is 9.84. The van der Waals surface area contributed by atoms with E-state index in [0.29, 0.717) is 6.04 Å². The first kappa shape index (κ1) is 11.9. The molecule has 2 aliphatic rings. The minimum atomic E-state index is 0.636. The third-order valence-corrected chi connectivity index (χ3v) is 4.13. The molecule has 0 aromatic heterocycles. The van der Waals surface area contributed by atoms with Gasteiger partial charge in [0.25, 0.3) is 0 Å². The third-order valence-electron chi connectivity index (χ3n) is 4.13. The summed E-state index contributed by atoms with van der Waals surface area (Å²) in [6.07, 6.45) is 12.3. The Kier molecular flexibility index (Phi) is 4.68. The minimum Gasteiger partial charge on any atom is -0.371 e. The smallest absolute Gasteiger partial charge is 0.0965 e. The summed E-state index contributed by atoms with van der Waals surface area (Å²) >= 11 is 0. The van der Waals surface area contributed by atoms with Crippen LogP contribution in [0, 0.1) is 5.92 Å². The summed E-state index contributed by atoms with van der Waals surface area (Å²) in [5, 5.41) is 3.68. The van der Waals surface area contributed by atoms with Crippen molar-refractivity contribution in [3.05, 3.63) is 0 Å². The molecule has 0 saturated heterocycles. The van der Waals surface area contributed by atoms with Crippen LogP contribution in [0.4, 0.5) is 0 Å². The molecule has 2 heteroatoms. The van der Waals surface area contributed by atoms with Gasteiger partial charge in [0.2, 0.25) is 0 Å². The fourth-order valence-electron chi connectivity index (χ4n) is 3.01. The van der Waals surface area contributed by atoms with Crippen molar-refractivity contribution in [2.45, 2.75) is 70.8 Å². The molecular weight excluding hydrogens is 196 g/mol. The highest BCUT2D eigenvalue weighted by Gasteiger charge is 2.20. The summed E-state index contributed by atoms with van der Waals surface area (Å²) in [5.41, 5.74) is 0. The maximum atomic E-state index is 4.66.